The molecule has 0 radical (unpaired) electrons. The van der Waals surface area contributed by atoms with Crippen molar-refractivity contribution in [2.75, 3.05) is 13.1 Å². The highest BCUT2D eigenvalue weighted by Gasteiger charge is 2.17. The first-order valence-corrected chi connectivity index (χ1v) is 10.1. The van der Waals surface area contributed by atoms with Gasteiger partial charge < -0.3 is 5.32 Å². The van der Waals surface area contributed by atoms with Crippen molar-refractivity contribution in [2.45, 2.75) is 32.9 Å². The van der Waals surface area contributed by atoms with E-state index in [1.165, 1.54) is 29.4 Å². The van der Waals surface area contributed by atoms with Gasteiger partial charge in [-0.15, -0.1) is 5.10 Å². The summed E-state index contributed by atoms with van der Waals surface area (Å²) in [6, 6.07) is 15.6. The van der Waals surface area contributed by atoms with Gasteiger partial charge in [-0.1, -0.05) is 37.3 Å². The summed E-state index contributed by atoms with van der Waals surface area (Å²) >= 11 is 0. The molecule has 2 aromatic carbocycles. The van der Waals surface area contributed by atoms with Crippen LogP contribution in [0, 0.1) is 5.92 Å². The van der Waals surface area contributed by atoms with Gasteiger partial charge >= 0.3 is 0 Å². The van der Waals surface area contributed by atoms with Crippen molar-refractivity contribution in [1.82, 2.24) is 30.4 Å². The van der Waals surface area contributed by atoms with Gasteiger partial charge in [0.05, 0.1) is 5.69 Å². The Kier molecular flexibility index (Phi) is 5.95. The lowest BCUT2D eigenvalue weighted by molar-refractivity contribution is 0.0950. The Labute approximate surface area is 170 Å². The van der Waals surface area contributed by atoms with Crippen LogP contribution in [0.3, 0.4) is 0 Å². The van der Waals surface area contributed by atoms with E-state index >= 15 is 0 Å². The summed E-state index contributed by atoms with van der Waals surface area (Å²) in [4.78, 5) is 15.2. The number of likely N-dealkylation sites (tertiary alicyclic amines) is 1. The maximum Gasteiger partial charge on any atom is 0.251 e. The summed E-state index contributed by atoms with van der Waals surface area (Å²) in [7, 11) is 0. The predicted molar refractivity (Wildman–Crippen MR) is 110 cm³/mol. The number of nitrogens with one attached hydrogen (secondary N) is 1. The molecule has 29 heavy (non-hydrogen) atoms. The highest BCUT2D eigenvalue weighted by Crippen LogP contribution is 2.19. The Bertz CT molecular complexity index is 955. The number of hydrogen-bond donors (Lipinski definition) is 1. The van der Waals surface area contributed by atoms with Crippen LogP contribution in [0.1, 0.15) is 41.3 Å². The van der Waals surface area contributed by atoms with E-state index in [0.29, 0.717) is 12.1 Å². The summed E-state index contributed by atoms with van der Waals surface area (Å²) < 4.78 is 1.53. The second-order valence-corrected chi connectivity index (χ2v) is 7.74. The summed E-state index contributed by atoms with van der Waals surface area (Å²) in [5.74, 6) is 0.643. The van der Waals surface area contributed by atoms with Crippen molar-refractivity contribution in [1.29, 1.82) is 0 Å². The molecule has 1 amide bonds. The van der Waals surface area contributed by atoms with Gasteiger partial charge in [-0.25, -0.2) is 4.68 Å². The maximum atomic E-state index is 12.7. The predicted octanol–water partition coefficient (Wildman–Crippen LogP) is 2.82. The van der Waals surface area contributed by atoms with Crippen LogP contribution in [0.15, 0.2) is 54.9 Å². The van der Waals surface area contributed by atoms with E-state index < -0.39 is 0 Å². The number of amides is 1. The minimum Gasteiger partial charge on any atom is -0.348 e. The van der Waals surface area contributed by atoms with Crippen molar-refractivity contribution >= 4 is 5.91 Å². The van der Waals surface area contributed by atoms with Gasteiger partial charge in [-0.2, -0.15) is 0 Å². The molecule has 1 aromatic heterocycles. The number of aromatic nitrogens is 4. The van der Waals surface area contributed by atoms with Crippen LogP contribution >= 0.6 is 0 Å². The van der Waals surface area contributed by atoms with E-state index in [1.807, 2.05) is 18.2 Å². The fourth-order valence-corrected chi connectivity index (χ4v) is 3.90. The smallest absolute Gasteiger partial charge is 0.251 e. The molecule has 0 bridgehead atoms. The topological polar surface area (TPSA) is 75.9 Å². The fraction of sp³-hybridized carbons (Fsp3) is 0.364. The van der Waals surface area contributed by atoms with Gasteiger partial charge in [0.1, 0.15) is 6.33 Å². The average Bonchev–Trinajstić information content (AvgIpc) is 3.28. The van der Waals surface area contributed by atoms with Crippen LogP contribution in [-0.4, -0.2) is 44.1 Å². The number of rotatable bonds is 6. The van der Waals surface area contributed by atoms with E-state index in [1.54, 1.807) is 12.1 Å². The van der Waals surface area contributed by atoms with Gasteiger partial charge in [0.2, 0.25) is 0 Å². The van der Waals surface area contributed by atoms with Crippen molar-refractivity contribution in [3.8, 4) is 5.69 Å². The normalized spacial score (nSPS) is 17.2. The Morgan fingerprint density at radius 3 is 2.83 bits per heavy atom. The van der Waals surface area contributed by atoms with Gasteiger partial charge in [0, 0.05) is 25.2 Å². The Hall–Kier alpha value is -3.06. The molecule has 1 N–H and O–H groups in total. The molecule has 0 spiro atoms. The SMILES string of the molecule is CC1CCCN(Cc2ccccc2CNC(=O)c2cccc(-n3cnnn3)c2)C1. The third kappa shape index (κ3) is 4.86. The van der Waals surface area contributed by atoms with Crippen LogP contribution in [0.2, 0.25) is 0 Å². The molecular formula is C22H26N6O. The quantitative estimate of drug-likeness (QED) is 0.700. The van der Waals surface area contributed by atoms with Crippen LogP contribution < -0.4 is 5.32 Å². The number of nitrogens with zero attached hydrogens (tertiary/aromatic N) is 5. The highest BCUT2D eigenvalue weighted by molar-refractivity contribution is 5.94. The van der Waals surface area contributed by atoms with Gasteiger partial charge in [0.25, 0.3) is 5.91 Å². The lowest BCUT2D eigenvalue weighted by atomic mass is 9.99. The molecule has 0 saturated carbocycles. The molecular weight excluding hydrogens is 364 g/mol. The first-order valence-electron chi connectivity index (χ1n) is 10.1. The molecule has 1 aliphatic heterocycles. The number of benzene rings is 2. The monoisotopic (exact) mass is 390 g/mol. The molecule has 4 rings (SSSR count). The number of tetrazole rings is 1. The van der Waals surface area contributed by atoms with Crippen LogP contribution in [0.25, 0.3) is 5.69 Å². The van der Waals surface area contributed by atoms with Crippen LogP contribution in [-0.2, 0) is 13.1 Å². The van der Waals surface area contributed by atoms with Crippen molar-refractivity contribution in [3.05, 3.63) is 71.5 Å². The highest BCUT2D eigenvalue weighted by atomic mass is 16.1. The van der Waals surface area contributed by atoms with Gasteiger partial charge in [-0.05, 0) is 65.1 Å². The van der Waals surface area contributed by atoms with E-state index in [0.717, 1.165) is 36.8 Å². The molecule has 7 heteroatoms. The minimum atomic E-state index is -0.110. The Morgan fingerprint density at radius 2 is 2.03 bits per heavy atom. The van der Waals surface area contributed by atoms with E-state index in [9.17, 15) is 4.79 Å². The van der Waals surface area contributed by atoms with E-state index in [-0.39, 0.29) is 5.91 Å². The number of hydrogen-bond acceptors (Lipinski definition) is 5. The lowest BCUT2D eigenvalue weighted by Gasteiger charge is -2.31. The van der Waals surface area contributed by atoms with Crippen molar-refractivity contribution < 1.29 is 4.79 Å². The summed E-state index contributed by atoms with van der Waals surface area (Å²) in [6.45, 7) is 6.06. The molecule has 0 aliphatic carbocycles. The lowest BCUT2D eigenvalue weighted by Crippen LogP contribution is -2.34. The number of carbonyl (C=O) groups is 1. The standard InChI is InChI=1S/C22H26N6O/c1-17-6-5-11-27(14-17)15-20-8-3-2-7-19(20)13-23-22(29)18-9-4-10-21(12-18)28-16-24-25-26-28/h2-4,7-10,12,16-17H,5-6,11,13-15H2,1H3,(H,23,29). The third-order valence-electron chi connectivity index (χ3n) is 5.41. The number of carbonyl (C=O) groups excluding carboxylic acids is 1. The summed E-state index contributed by atoms with van der Waals surface area (Å²) in [6.07, 6.45) is 4.09. The van der Waals surface area contributed by atoms with E-state index in [4.69, 9.17) is 0 Å². The first-order chi connectivity index (χ1) is 14.2. The van der Waals surface area contributed by atoms with Gasteiger partial charge in [0.15, 0.2) is 0 Å². The van der Waals surface area contributed by atoms with Gasteiger partial charge in [-0.3, -0.25) is 9.69 Å². The zero-order chi connectivity index (χ0) is 20.1. The molecule has 1 unspecified atom stereocenters. The van der Waals surface area contributed by atoms with Crippen molar-refractivity contribution in [2.24, 2.45) is 5.92 Å². The van der Waals surface area contributed by atoms with Crippen LogP contribution in [0.4, 0.5) is 0 Å². The van der Waals surface area contributed by atoms with E-state index in [2.05, 4.69) is 50.9 Å². The van der Waals surface area contributed by atoms with Crippen LogP contribution in [0.5, 0.6) is 0 Å². The number of piperidine rings is 1. The fourth-order valence-electron chi connectivity index (χ4n) is 3.90. The zero-order valence-corrected chi connectivity index (χ0v) is 16.7. The molecule has 1 aliphatic rings. The summed E-state index contributed by atoms with van der Waals surface area (Å²) in [5, 5.41) is 14.2. The third-order valence-corrected chi connectivity index (χ3v) is 5.41. The largest absolute Gasteiger partial charge is 0.348 e. The zero-order valence-electron chi connectivity index (χ0n) is 16.7. The molecule has 2 heterocycles. The molecule has 3 aromatic rings. The van der Waals surface area contributed by atoms with Crippen molar-refractivity contribution in [3.63, 3.8) is 0 Å². The first kappa shape index (κ1) is 19.3. The minimum absolute atomic E-state index is 0.110. The second-order valence-electron chi connectivity index (χ2n) is 7.74. The Morgan fingerprint density at radius 1 is 1.17 bits per heavy atom. The Balaban J connectivity index is 1.41. The maximum absolute atomic E-state index is 12.7. The molecule has 1 saturated heterocycles. The molecule has 1 atom stereocenters. The second kappa shape index (κ2) is 8.96. The molecule has 1 fully saturated rings. The summed E-state index contributed by atoms with van der Waals surface area (Å²) in [5.41, 5.74) is 3.78. The molecule has 150 valence electrons. The molecule has 7 nitrogen and oxygen atoms in total. The average molecular weight is 390 g/mol.